The molecule has 29 heavy (non-hydrogen) atoms. The quantitative estimate of drug-likeness (QED) is 0.483. The molecular weight excluding hydrogens is 384 g/mol. The maximum atomic E-state index is 5.60. The molecule has 0 saturated heterocycles. The van der Waals surface area contributed by atoms with Gasteiger partial charge in [0.15, 0.2) is 0 Å². The van der Waals surface area contributed by atoms with E-state index in [2.05, 4.69) is 33.3 Å². The summed E-state index contributed by atoms with van der Waals surface area (Å²) in [5.74, 6) is 1.98. The maximum absolute atomic E-state index is 5.60. The van der Waals surface area contributed by atoms with E-state index in [0.29, 0.717) is 25.6 Å². The lowest BCUT2D eigenvalue weighted by molar-refractivity contribution is -0.124. The van der Waals surface area contributed by atoms with E-state index in [1.54, 1.807) is 6.33 Å². The number of hydrogen-bond acceptors (Lipinski definition) is 7. The summed E-state index contributed by atoms with van der Waals surface area (Å²) in [6.07, 6.45) is 9.12. The van der Waals surface area contributed by atoms with Gasteiger partial charge in [0.05, 0.1) is 17.7 Å². The average molecular weight is 419 g/mol. The van der Waals surface area contributed by atoms with Gasteiger partial charge in [0.2, 0.25) is 0 Å². The van der Waals surface area contributed by atoms with Gasteiger partial charge in [-0.25, -0.2) is 9.97 Å². The number of hydrogen-bond donors (Lipinski definition) is 1. The maximum Gasteiger partial charge on any atom is 0.149 e. The predicted octanol–water partition coefficient (Wildman–Crippen LogP) is 4.34. The molecule has 6 nitrogen and oxygen atoms in total. The molecule has 2 heterocycles. The Morgan fingerprint density at radius 2 is 2.03 bits per heavy atom. The molecule has 1 N–H and O–H groups in total. The van der Waals surface area contributed by atoms with E-state index in [0.717, 1.165) is 35.8 Å². The molecule has 2 saturated carbocycles. The van der Waals surface area contributed by atoms with Gasteiger partial charge in [-0.3, -0.25) is 5.32 Å². The molecule has 0 aromatic carbocycles. The van der Waals surface area contributed by atoms with Crippen LogP contribution < -0.4 is 10.2 Å². The molecule has 2 aromatic rings. The number of nitrogens with zero attached hydrogens (tertiary/aromatic N) is 3. The largest absolute Gasteiger partial charge is 0.356 e. The van der Waals surface area contributed by atoms with Crippen molar-refractivity contribution in [2.75, 3.05) is 25.5 Å². The molecule has 7 heteroatoms. The topological polar surface area (TPSA) is 59.5 Å². The second kappa shape index (κ2) is 8.84. The minimum Gasteiger partial charge on any atom is -0.356 e. The van der Waals surface area contributed by atoms with Crippen molar-refractivity contribution in [2.24, 2.45) is 5.92 Å². The first-order valence-electron chi connectivity index (χ1n) is 10.8. The van der Waals surface area contributed by atoms with Crippen molar-refractivity contribution in [3.8, 4) is 0 Å². The molecule has 2 aromatic heterocycles. The Bertz CT molecular complexity index is 815. The fourth-order valence-electron chi connectivity index (χ4n) is 3.99. The summed E-state index contributed by atoms with van der Waals surface area (Å²) in [5.41, 5.74) is -0.162. The standard InChI is InChI=1S/C22H34N4O2S/c1-22(2,3)28-14-27-13-25-16-7-8-17(10-16)26(4)20-19-11-18(9-15-5-6-15)29-21(19)24-12-23-20/h11-12,15-17,25H,5-10,13-14H2,1-4H3/t16-,17+/m0/s1. The first-order chi connectivity index (χ1) is 13.9. The summed E-state index contributed by atoms with van der Waals surface area (Å²) >= 11 is 1.84. The third-order valence-corrected chi connectivity index (χ3v) is 6.95. The average Bonchev–Trinajstić information content (AvgIpc) is 3.18. The van der Waals surface area contributed by atoms with Gasteiger partial charge < -0.3 is 14.4 Å². The first-order valence-corrected chi connectivity index (χ1v) is 11.6. The fraction of sp³-hybridized carbons (Fsp3) is 0.727. The SMILES string of the molecule is CN(c1ncnc2sc(CC3CC3)cc12)[C@@H]1CC[C@H](NCOCOC(C)(C)C)C1. The van der Waals surface area contributed by atoms with Crippen molar-refractivity contribution < 1.29 is 9.47 Å². The summed E-state index contributed by atoms with van der Waals surface area (Å²) in [6, 6.07) is 3.29. The van der Waals surface area contributed by atoms with Gasteiger partial charge in [0.25, 0.3) is 0 Å². The van der Waals surface area contributed by atoms with Crippen molar-refractivity contribution in [3.63, 3.8) is 0 Å². The lowest BCUT2D eigenvalue weighted by Gasteiger charge is -2.26. The van der Waals surface area contributed by atoms with Crippen LogP contribution in [-0.4, -0.2) is 48.2 Å². The van der Waals surface area contributed by atoms with Crippen LogP contribution in [0.1, 0.15) is 57.8 Å². The number of nitrogens with one attached hydrogen (secondary N) is 1. The van der Waals surface area contributed by atoms with E-state index in [4.69, 9.17) is 9.47 Å². The highest BCUT2D eigenvalue weighted by molar-refractivity contribution is 7.18. The molecule has 0 radical (unpaired) electrons. The molecule has 2 aliphatic carbocycles. The number of aromatic nitrogens is 2. The zero-order valence-corrected chi connectivity index (χ0v) is 18.9. The van der Waals surface area contributed by atoms with Gasteiger partial charge >= 0.3 is 0 Å². The van der Waals surface area contributed by atoms with Gasteiger partial charge in [-0.05, 0) is 71.3 Å². The van der Waals surface area contributed by atoms with E-state index >= 15 is 0 Å². The molecule has 0 bridgehead atoms. The first kappa shape index (κ1) is 21.0. The number of ether oxygens (including phenoxy) is 2. The van der Waals surface area contributed by atoms with Crippen molar-refractivity contribution >= 4 is 27.4 Å². The van der Waals surface area contributed by atoms with E-state index in [1.807, 2.05) is 32.1 Å². The van der Waals surface area contributed by atoms with Crippen molar-refractivity contribution in [2.45, 2.75) is 77.0 Å². The Balaban J connectivity index is 1.30. The van der Waals surface area contributed by atoms with E-state index in [9.17, 15) is 0 Å². The number of fused-ring (bicyclic) bond motifs is 1. The van der Waals surface area contributed by atoms with Gasteiger partial charge in [0, 0.05) is 24.0 Å². The second-order valence-corrected chi connectivity index (χ2v) is 10.6. The monoisotopic (exact) mass is 418 g/mol. The Labute approximate surface area is 178 Å². The molecule has 160 valence electrons. The zero-order valence-electron chi connectivity index (χ0n) is 18.1. The van der Waals surface area contributed by atoms with Crippen LogP contribution in [0.25, 0.3) is 10.2 Å². The number of rotatable bonds is 9. The van der Waals surface area contributed by atoms with E-state index in [-0.39, 0.29) is 5.60 Å². The Kier molecular flexibility index (Phi) is 6.39. The summed E-state index contributed by atoms with van der Waals surface area (Å²) in [4.78, 5) is 14.1. The molecule has 0 amide bonds. The molecule has 0 unspecified atom stereocenters. The summed E-state index contributed by atoms with van der Waals surface area (Å²) in [5, 5.41) is 4.73. The van der Waals surface area contributed by atoms with Crippen LogP contribution in [0.2, 0.25) is 0 Å². The minimum atomic E-state index is -0.162. The number of thiophene rings is 1. The zero-order chi connectivity index (χ0) is 20.4. The summed E-state index contributed by atoms with van der Waals surface area (Å²) < 4.78 is 11.2. The summed E-state index contributed by atoms with van der Waals surface area (Å²) in [7, 11) is 2.18. The molecule has 2 atom stereocenters. The molecule has 4 rings (SSSR count). The smallest absolute Gasteiger partial charge is 0.149 e. The predicted molar refractivity (Wildman–Crippen MR) is 118 cm³/mol. The normalized spacial score (nSPS) is 22.5. The van der Waals surface area contributed by atoms with Gasteiger partial charge in [-0.1, -0.05) is 0 Å². The summed E-state index contributed by atoms with van der Waals surface area (Å²) in [6.45, 7) is 6.96. The van der Waals surface area contributed by atoms with Crippen LogP contribution in [-0.2, 0) is 15.9 Å². The van der Waals surface area contributed by atoms with Gasteiger partial charge in [-0.15, -0.1) is 11.3 Å². The van der Waals surface area contributed by atoms with Crippen LogP contribution in [0.5, 0.6) is 0 Å². The Morgan fingerprint density at radius 1 is 1.21 bits per heavy atom. The van der Waals surface area contributed by atoms with Gasteiger partial charge in [-0.2, -0.15) is 0 Å². The molecular formula is C22H34N4O2S. The van der Waals surface area contributed by atoms with Crippen molar-refractivity contribution in [1.82, 2.24) is 15.3 Å². The third kappa shape index (κ3) is 5.66. The molecule has 0 spiro atoms. The van der Waals surface area contributed by atoms with Crippen LogP contribution in [0.3, 0.4) is 0 Å². The lowest BCUT2D eigenvalue weighted by Crippen LogP contribution is -2.34. The molecule has 2 fully saturated rings. The third-order valence-electron chi connectivity index (χ3n) is 5.88. The van der Waals surface area contributed by atoms with Crippen LogP contribution in [0.4, 0.5) is 5.82 Å². The lowest BCUT2D eigenvalue weighted by atomic mass is 10.2. The molecule has 2 aliphatic rings. The highest BCUT2D eigenvalue weighted by Crippen LogP contribution is 2.38. The molecule has 0 aliphatic heterocycles. The minimum absolute atomic E-state index is 0.162. The fourth-order valence-corrected chi connectivity index (χ4v) is 5.09. The Morgan fingerprint density at radius 3 is 2.79 bits per heavy atom. The van der Waals surface area contributed by atoms with Crippen LogP contribution in [0, 0.1) is 5.92 Å². The van der Waals surface area contributed by atoms with Crippen molar-refractivity contribution in [1.29, 1.82) is 0 Å². The number of anilines is 1. The van der Waals surface area contributed by atoms with Gasteiger partial charge in [0.1, 0.15) is 23.8 Å². The highest BCUT2D eigenvalue weighted by atomic mass is 32.1. The van der Waals surface area contributed by atoms with E-state index < -0.39 is 0 Å². The Hall–Kier alpha value is -1.28. The van der Waals surface area contributed by atoms with Crippen LogP contribution in [0.15, 0.2) is 12.4 Å². The van der Waals surface area contributed by atoms with Crippen LogP contribution >= 0.6 is 11.3 Å². The highest BCUT2D eigenvalue weighted by Gasteiger charge is 2.29. The van der Waals surface area contributed by atoms with Crippen molar-refractivity contribution in [3.05, 3.63) is 17.3 Å². The second-order valence-electron chi connectivity index (χ2n) is 9.48. The van der Waals surface area contributed by atoms with E-state index in [1.165, 1.54) is 29.5 Å².